The Labute approximate surface area is 122 Å². The topological polar surface area (TPSA) is 95.9 Å². The number of amides is 2. The van der Waals surface area contributed by atoms with Gasteiger partial charge < -0.3 is 20.1 Å². The first-order chi connectivity index (χ1) is 9.81. The molecule has 7 nitrogen and oxygen atoms in total. The molecule has 1 aromatic carbocycles. The Hall–Kier alpha value is -2.57. The van der Waals surface area contributed by atoms with E-state index in [1.165, 1.54) is 29.2 Å². The molecular formula is C14H18N2O5. The first kappa shape index (κ1) is 16.5. The number of ether oxygens (including phenoxy) is 1. The summed E-state index contributed by atoms with van der Waals surface area (Å²) in [6.45, 7) is 1.16. The highest BCUT2D eigenvalue weighted by Crippen LogP contribution is 2.12. The smallest absolute Gasteiger partial charge is 0.341 e. The zero-order valence-electron chi connectivity index (χ0n) is 12.1. The van der Waals surface area contributed by atoms with Crippen LogP contribution in [-0.4, -0.2) is 54.5 Å². The first-order valence-corrected chi connectivity index (χ1v) is 6.28. The Morgan fingerprint density at radius 3 is 2.29 bits per heavy atom. The summed E-state index contributed by atoms with van der Waals surface area (Å²) in [7, 11) is 3.22. The molecule has 0 bridgehead atoms. The summed E-state index contributed by atoms with van der Waals surface area (Å²) >= 11 is 0. The van der Waals surface area contributed by atoms with Gasteiger partial charge in [0.2, 0.25) is 5.91 Å². The minimum absolute atomic E-state index is 0.204. The van der Waals surface area contributed by atoms with Crippen LogP contribution in [0.2, 0.25) is 0 Å². The van der Waals surface area contributed by atoms with Gasteiger partial charge in [-0.2, -0.15) is 0 Å². The Morgan fingerprint density at radius 1 is 1.24 bits per heavy atom. The lowest BCUT2D eigenvalue weighted by atomic mass is 10.2. The van der Waals surface area contributed by atoms with Crippen molar-refractivity contribution in [1.29, 1.82) is 0 Å². The summed E-state index contributed by atoms with van der Waals surface area (Å²) in [6, 6.07) is 5.36. The summed E-state index contributed by atoms with van der Waals surface area (Å²) < 4.78 is 4.96. The van der Waals surface area contributed by atoms with Gasteiger partial charge in [0.15, 0.2) is 6.61 Å². The van der Waals surface area contributed by atoms with Crippen LogP contribution in [0.4, 0.5) is 0 Å². The summed E-state index contributed by atoms with van der Waals surface area (Å²) in [5.41, 5.74) is 0.357. The van der Waals surface area contributed by atoms with Crippen LogP contribution in [0.3, 0.4) is 0 Å². The second-order valence-corrected chi connectivity index (χ2v) is 4.63. The van der Waals surface area contributed by atoms with Crippen molar-refractivity contribution in [3.8, 4) is 5.75 Å². The van der Waals surface area contributed by atoms with E-state index in [4.69, 9.17) is 9.84 Å². The Morgan fingerprint density at radius 2 is 1.81 bits per heavy atom. The minimum atomic E-state index is -1.08. The number of carboxylic acids is 1. The molecular weight excluding hydrogens is 276 g/mol. The molecule has 0 aliphatic rings. The zero-order chi connectivity index (χ0) is 16.0. The Kier molecular flexibility index (Phi) is 5.71. The van der Waals surface area contributed by atoms with Gasteiger partial charge in [0.05, 0.1) is 0 Å². The molecule has 0 aliphatic heterocycles. The number of benzene rings is 1. The van der Waals surface area contributed by atoms with Gasteiger partial charge in [0.1, 0.15) is 11.8 Å². The molecule has 0 fully saturated rings. The van der Waals surface area contributed by atoms with Gasteiger partial charge in [0, 0.05) is 19.7 Å². The average molecular weight is 294 g/mol. The molecule has 1 rings (SSSR count). The molecule has 0 saturated heterocycles. The van der Waals surface area contributed by atoms with Crippen molar-refractivity contribution in [2.24, 2.45) is 0 Å². The molecule has 0 aromatic heterocycles. The summed E-state index contributed by atoms with van der Waals surface area (Å²) in [5, 5.41) is 11.1. The van der Waals surface area contributed by atoms with Crippen LogP contribution in [0, 0.1) is 0 Å². The van der Waals surface area contributed by atoms with E-state index in [0.717, 1.165) is 0 Å². The van der Waals surface area contributed by atoms with Gasteiger partial charge in [0.25, 0.3) is 5.91 Å². The zero-order valence-corrected chi connectivity index (χ0v) is 12.1. The number of aliphatic carboxylic acids is 1. The monoisotopic (exact) mass is 294 g/mol. The fraction of sp³-hybridized carbons (Fsp3) is 0.357. The van der Waals surface area contributed by atoms with E-state index in [1.807, 2.05) is 0 Å². The van der Waals surface area contributed by atoms with Crippen LogP contribution in [0.25, 0.3) is 0 Å². The van der Waals surface area contributed by atoms with E-state index in [-0.39, 0.29) is 11.8 Å². The van der Waals surface area contributed by atoms with Crippen molar-refractivity contribution >= 4 is 17.8 Å². The molecule has 0 heterocycles. The van der Waals surface area contributed by atoms with E-state index >= 15 is 0 Å². The number of likely N-dealkylation sites (N-methyl/N-ethyl adjacent to an activating group) is 1. The fourth-order valence-electron chi connectivity index (χ4n) is 1.58. The van der Waals surface area contributed by atoms with Crippen LogP contribution < -0.4 is 10.1 Å². The standard InChI is InChI=1S/C14H18N2O5/c1-9(14(20)16(2)3)15-13(19)10-4-6-11(7-5-10)21-8-12(17)18/h4-7,9H,8H2,1-3H3,(H,15,19)(H,17,18)/t9-/m1/s1. The molecule has 7 heteroatoms. The van der Waals surface area contributed by atoms with Crippen LogP contribution in [0.5, 0.6) is 5.75 Å². The summed E-state index contributed by atoms with van der Waals surface area (Å²) in [6.07, 6.45) is 0. The van der Waals surface area contributed by atoms with Crippen molar-refractivity contribution in [2.75, 3.05) is 20.7 Å². The van der Waals surface area contributed by atoms with Crippen molar-refractivity contribution in [3.05, 3.63) is 29.8 Å². The maximum Gasteiger partial charge on any atom is 0.341 e. The minimum Gasteiger partial charge on any atom is -0.482 e. The van der Waals surface area contributed by atoms with Gasteiger partial charge in [-0.15, -0.1) is 0 Å². The maximum atomic E-state index is 11.9. The van der Waals surface area contributed by atoms with Crippen LogP contribution >= 0.6 is 0 Å². The van der Waals surface area contributed by atoms with Gasteiger partial charge in [-0.05, 0) is 31.2 Å². The second-order valence-electron chi connectivity index (χ2n) is 4.63. The molecule has 0 saturated carbocycles. The number of carbonyl (C=O) groups is 3. The third-order valence-electron chi connectivity index (χ3n) is 2.64. The lowest BCUT2D eigenvalue weighted by molar-refractivity contribution is -0.139. The molecule has 0 unspecified atom stereocenters. The highest BCUT2D eigenvalue weighted by atomic mass is 16.5. The van der Waals surface area contributed by atoms with Gasteiger partial charge in [-0.3, -0.25) is 9.59 Å². The van der Waals surface area contributed by atoms with E-state index in [9.17, 15) is 14.4 Å². The lowest BCUT2D eigenvalue weighted by Crippen LogP contribution is -2.44. The maximum absolute atomic E-state index is 11.9. The third-order valence-corrected chi connectivity index (χ3v) is 2.64. The highest BCUT2D eigenvalue weighted by Gasteiger charge is 2.17. The number of rotatable bonds is 6. The summed E-state index contributed by atoms with van der Waals surface area (Å²) in [4.78, 5) is 35.4. The quantitative estimate of drug-likeness (QED) is 0.789. The van der Waals surface area contributed by atoms with E-state index in [1.54, 1.807) is 21.0 Å². The van der Waals surface area contributed by atoms with Crippen LogP contribution in [-0.2, 0) is 9.59 Å². The number of carbonyl (C=O) groups excluding carboxylic acids is 2. The molecule has 0 radical (unpaired) electrons. The molecule has 21 heavy (non-hydrogen) atoms. The fourth-order valence-corrected chi connectivity index (χ4v) is 1.58. The number of nitrogens with zero attached hydrogens (tertiary/aromatic N) is 1. The number of hydrogen-bond donors (Lipinski definition) is 2. The van der Waals surface area contributed by atoms with Crippen LogP contribution in [0.15, 0.2) is 24.3 Å². The molecule has 1 aromatic rings. The summed E-state index contributed by atoms with van der Waals surface area (Å²) in [5.74, 6) is -1.31. The van der Waals surface area contributed by atoms with Crippen LogP contribution in [0.1, 0.15) is 17.3 Å². The van der Waals surface area contributed by atoms with Crippen molar-refractivity contribution in [2.45, 2.75) is 13.0 Å². The van der Waals surface area contributed by atoms with E-state index in [0.29, 0.717) is 11.3 Å². The predicted octanol–water partition coefficient (Wildman–Crippen LogP) is 0.356. The Bertz CT molecular complexity index is 525. The van der Waals surface area contributed by atoms with E-state index < -0.39 is 18.6 Å². The Balaban J connectivity index is 2.63. The van der Waals surface area contributed by atoms with Crippen molar-refractivity contribution in [3.63, 3.8) is 0 Å². The normalized spacial score (nSPS) is 11.4. The molecule has 0 aliphatic carbocycles. The molecule has 2 N–H and O–H groups in total. The average Bonchev–Trinajstić information content (AvgIpc) is 2.44. The number of hydrogen-bond acceptors (Lipinski definition) is 4. The predicted molar refractivity (Wildman–Crippen MR) is 75.2 cm³/mol. The number of carboxylic acid groups (broad SMARTS) is 1. The van der Waals surface area contributed by atoms with Crippen molar-refractivity contribution < 1.29 is 24.2 Å². The third kappa shape index (κ3) is 5.13. The molecule has 0 spiro atoms. The molecule has 1 atom stereocenters. The van der Waals surface area contributed by atoms with Gasteiger partial charge in [-0.25, -0.2) is 4.79 Å². The second kappa shape index (κ2) is 7.28. The molecule has 114 valence electrons. The first-order valence-electron chi connectivity index (χ1n) is 6.28. The van der Waals surface area contributed by atoms with E-state index in [2.05, 4.69) is 5.32 Å². The largest absolute Gasteiger partial charge is 0.482 e. The van der Waals surface area contributed by atoms with Gasteiger partial charge in [-0.1, -0.05) is 0 Å². The molecule has 2 amide bonds. The van der Waals surface area contributed by atoms with Crippen molar-refractivity contribution in [1.82, 2.24) is 10.2 Å². The van der Waals surface area contributed by atoms with Gasteiger partial charge >= 0.3 is 5.97 Å². The highest BCUT2D eigenvalue weighted by molar-refractivity contribution is 5.97. The lowest BCUT2D eigenvalue weighted by Gasteiger charge is -2.18. The SMILES string of the molecule is C[C@@H](NC(=O)c1ccc(OCC(=O)O)cc1)C(=O)N(C)C. The number of nitrogens with one attached hydrogen (secondary N) is 1.